The lowest BCUT2D eigenvalue weighted by Gasteiger charge is -2.29. The molecule has 1 aromatic rings. The third-order valence-electron chi connectivity index (χ3n) is 3.74. The van der Waals surface area contributed by atoms with Crippen molar-refractivity contribution in [1.82, 2.24) is 4.90 Å². The summed E-state index contributed by atoms with van der Waals surface area (Å²) in [6, 6.07) is 5.81. The molecule has 1 saturated carbocycles. The van der Waals surface area contributed by atoms with Crippen molar-refractivity contribution in [3.63, 3.8) is 0 Å². The van der Waals surface area contributed by atoms with Gasteiger partial charge in [-0.25, -0.2) is 4.39 Å². The topological polar surface area (TPSA) is 55.6 Å². The molecule has 0 heterocycles. The van der Waals surface area contributed by atoms with Crippen molar-refractivity contribution in [2.75, 3.05) is 20.2 Å². The van der Waals surface area contributed by atoms with Gasteiger partial charge in [-0.1, -0.05) is 0 Å². The molecule has 110 valence electrons. The van der Waals surface area contributed by atoms with E-state index in [2.05, 4.69) is 0 Å². The zero-order valence-corrected chi connectivity index (χ0v) is 11.9. The van der Waals surface area contributed by atoms with Gasteiger partial charge in [0, 0.05) is 7.05 Å². The highest BCUT2D eigenvalue weighted by Gasteiger charge is 2.45. The monoisotopic (exact) mass is 280 g/mol. The van der Waals surface area contributed by atoms with E-state index in [1.54, 1.807) is 31.0 Å². The first-order valence-electron chi connectivity index (χ1n) is 6.84. The molecule has 0 saturated heterocycles. The molecule has 0 aliphatic heterocycles. The molecular formula is C15H21FN2O2. The molecule has 0 spiro atoms. The average molecular weight is 280 g/mol. The van der Waals surface area contributed by atoms with Crippen LogP contribution in [-0.2, 0) is 4.79 Å². The van der Waals surface area contributed by atoms with E-state index < -0.39 is 5.54 Å². The number of benzene rings is 1. The van der Waals surface area contributed by atoms with Crippen molar-refractivity contribution in [3.05, 3.63) is 30.1 Å². The van der Waals surface area contributed by atoms with Crippen LogP contribution in [0.4, 0.5) is 4.39 Å². The van der Waals surface area contributed by atoms with Crippen molar-refractivity contribution in [2.45, 2.75) is 25.3 Å². The second kappa shape index (κ2) is 5.79. The smallest absolute Gasteiger partial charge is 0.242 e. The summed E-state index contributed by atoms with van der Waals surface area (Å²) in [5.74, 6) is 0.538. The number of carbonyl (C=O) groups excluding carboxylic acids is 1. The van der Waals surface area contributed by atoms with Crippen LogP contribution in [-0.4, -0.2) is 36.5 Å². The lowest BCUT2D eigenvalue weighted by atomic mass is 9.95. The highest BCUT2D eigenvalue weighted by atomic mass is 19.1. The van der Waals surface area contributed by atoms with Crippen LogP contribution in [0.15, 0.2) is 24.3 Å². The fraction of sp³-hybridized carbons (Fsp3) is 0.533. The summed E-state index contributed by atoms with van der Waals surface area (Å²) in [5, 5.41) is 0. The number of halogens is 1. The predicted molar refractivity (Wildman–Crippen MR) is 74.8 cm³/mol. The number of hydrogen-bond acceptors (Lipinski definition) is 3. The van der Waals surface area contributed by atoms with Gasteiger partial charge < -0.3 is 15.4 Å². The van der Waals surface area contributed by atoms with E-state index in [-0.39, 0.29) is 11.7 Å². The Bertz CT molecular complexity index is 469. The number of nitrogens with zero attached hydrogens (tertiary/aromatic N) is 1. The molecule has 1 unspecified atom stereocenters. The van der Waals surface area contributed by atoms with Gasteiger partial charge in [-0.15, -0.1) is 0 Å². The molecule has 1 aliphatic rings. The molecule has 1 fully saturated rings. The minimum absolute atomic E-state index is 0.0530. The molecule has 2 rings (SSSR count). The summed E-state index contributed by atoms with van der Waals surface area (Å²) in [6.45, 7) is 2.61. The van der Waals surface area contributed by atoms with Gasteiger partial charge in [0.25, 0.3) is 0 Å². The largest absolute Gasteiger partial charge is 0.492 e. The Balaban J connectivity index is 1.78. The molecule has 0 aromatic heterocycles. The fourth-order valence-corrected chi connectivity index (χ4v) is 2.20. The average Bonchev–Trinajstić information content (AvgIpc) is 3.24. The van der Waals surface area contributed by atoms with Crippen LogP contribution >= 0.6 is 0 Å². The Labute approximate surface area is 118 Å². The Kier molecular flexibility index (Phi) is 4.28. The number of ether oxygens (including phenoxy) is 1. The van der Waals surface area contributed by atoms with E-state index >= 15 is 0 Å². The highest BCUT2D eigenvalue weighted by Crippen LogP contribution is 2.38. The summed E-state index contributed by atoms with van der Waals surface area (Å²) in [5.41, 5.74) is 5.32. The van der Waals surface area contributed by atoms with Crippen molar-refractivity contribution < 1.29 is 13.9 Å². The maximum Gasteiger partial charge on any atom is 0.242 e. The molecule has 1 atom stereocenters. The first-order chi connectivity index (χ1) is 9.41. The Morgan fingerprint density at radius 2 is 2.05 bits per heavy atom. The van der Waals surface area contributed by atoms with E-state index in [1.165, 1.54) is 12.1 Å². The number of likely N-dealkylation sites (N-methyl/N-ethyl adjacent to an activating group) is 1. The van der Waals surface area contributed by atoms with Crippen LogP contribution in [0.1, 0.15) is 19.8 Å². The zero-order valence-electron chi connectivity index (χ0n) is 11.9. The van der Waals surface area contributed by atoms with Crippen molar-refractivity contribution in [3.8, 4) is 5.75 Å². The van der Waals surface area contributed by atoms with Gasteiger partial charge in [-0.05, 0) is 49.9 Å². The van der Waals surface area contributed by atoms with Crippen LogP contribution < -0.4 is 10.5 Å². The van der Waals surface area contributed by atoms with Gasteiger partial charge in [-0.3, -0.25) is 4.79 Å². The highest BCUT2D eigenvalue weighted by molar-refractivity contribution is 5.86. The quantitative estimate of drug-likeness (QED) is 0.864. The first kappa shape index (κ1) is 14.8. The maximum atomic E-state index is 12.7. The second-order valence-corrected chi connectivity index (χ2v) is 5.59. The summed E-state index contributed by atoms with van der Waals surface area (Å²) >= 11 is 0. The number of hydrogen-bond donors (Lipinski definition) is 1. The lowest BCUT2D eigenvalue weighted by Crippen LogP contribution is -2.54. The fourth-order valence-electron chi connectivity index (χ4n) is 2.20. The zero-order chi connectivity index (χ0) is 14.8. The Morgan fingerprint density at radius 1 is 1.45 bits per heavy atom. The first-order valence-corrected chi connectivity index (χ1v) is 6.84. The van der Waals surface area contributed by atoms with Gasteiger partial charge in [-0.2, -0.15) is 0 Å². The van der Waals surface area contributed by atoms with Crippen LogP contribution in [0.25, 0.3) is 0 Å². The molecule has 0 radical (unpaired) electrons. The molecule has 5 heteroatoms. The Morgan fingerprint density at radius 3 is 2.60 bits per heavy atom. The third kappa shape index (κ3) is 3.48. The summed E-state index contributed by atoms with van der Waals surface area (Å²) in [7, 11) is 1.73. The number of carbonyl (C=O) groups is 1. The molecule has 1 aromatic carbocycles. The predicted octanol–water partition coefficient (Wildman–Crippen LogP) is 1.79. The molecule has 1 aliphatic carbocycles. The minimum Gasteiger partial charge on any atom is -0.492 e. The molecular weight excluding hydrogens is 259 g/mol. The molecule has 20 heavy (non-hydrogen) atoms. The van der Waals surface area contributed by atoms with Crippen molar-refractivity contribution in [2.24, 2.45) is 11.7 Å². The van der Waals surface area contributed by atoms with Gasteiger partial charge in [0.05, 0.1) is 12.1 Å². The third-order valence-corrected chi connectivity index (χ3v) is 3.74. The summed E-state index contributed by atoms with van der Waals surface area (Å²) < 4.78 is 18.2. The van der Waals surface area contributed by atoms with Crippen LogP contribution in [0.3, 0.4) is 0 Å². The number of nitrogens with two attached hydrogens (primary N) is 1. The van der Waals surface area contributed by atoms with E-state index in [9.17, 15) is 9.18 Å². The van der Waals surface area contributed by atoms with E-state index in [0.717, 1.165) is 12.8 Å². The van der Waals surface area contributed by atoms with Gasteiger partial charge in [0.2, 0.25) is 5.91 Å². The minimum atomic E-state index is -0.773. The van der Waals surface area contributed by atoms with Gasteiger partial charge in [0.15, 0.2) is 0 Å². The maximum absolute atomic E-state index is 12.7. The van der Waals surface area contributed by atoms with Crippen LogP contribution in [0.2, 0.25) is 0 Å². The molecule has 4 nitrogen and oxygen atoms in total. The normalized spacial score (nSPS) is 17.4. The second-order valence-electron chi connectivity index (χ2n) is 5.59. The van der Waals surface area contributed by atoms with Gasteiger partial charge in [0.1, 0.15) is 18.2 Å². The summed E-state index contributed by atoms with van der Waals surface area (Å²) in [6.07, 6.45) is 2.05. The molecule has 0 bridgehead atoms. The van der Waals surface area contributed by atoms with E-state index in [0.29, 0.717) is 24.8 Å². The Hall–Kier alpha value is -1.62. The van der Waals surface area contributed by atoms with E-state index in [1.807, 2.05) is 0 Å². The van der Waals surface area contributed by atoms with E-state index in [4.69, 9.17) is 10.5 Å². The lowest BCUT2D eigenvalue weighted by molar-refractivity contribution is -0.136. The van der Waals surface area contributed by atoms with Crippen molar-refractivity contribution >= 4 is 5.91 Å². The van der Waals surface area contributed by atoms with Gasteiger partial charge >= 0.3 is 0 Å². The standard InChI is InChI=1S/C15H21FN2O2/c1-15(17,11-3-4-11)14(19)18(2)9-10-20-13-7-5-12(16)6-8-13/h5-8,11H,3-4,9-10,17H2,1-2H3. The van der Waals surface area contributed by atoms with Crippen LogP contribution in [0, 0.1) is 11.7 Å². The molecule has 1 amide bonds. The SMILES string of the molecule is CN(CCOc1ccc(F)cc1)C(=O)C(C)(N)C1CC1. The number of rotatable bonds is 6. The summed E-state index contributed by atoms with van der Waals surface area (Å²) in [4.78, 5) is 13.8. The molecule has 2 N–H and O–H groups in total. The number of amides is 1. The van der Waals surface area contributed by atoms with Crippen molar-refractivity contribution in [1.29, 1.82) is 0 Å². The van der Waals surface area contributed by atoms with Crippen LogP contribution in [0.5, 0.6) is 5.75 Å².